The number of benzene rings is 1. The van der Waals surface area contributed by atoms with E-state index in [-0.39, 0.29) is 0 Å². The standard InChI is InChI=1S/C11H9BrClNS/c12-9-3-1-7(5-10(9)13)11-4-2-8(6-14)15-11/h1-5H,6,14H2. The second-order valence-corrected chi connectivity index (χ2v) is 5.53. The third kappa shape index (κ3) is 2.42. The van der Waals surface area contributed by atoms with Crippen molar-refractivity contribution in [2.24, 2.45) is 5.73 Å². The van der Waals surface area contributed by atoms with Crippen molar-refractivity contribution in [1.29, 1.82) is 0 Å². The number of rotatable bonds is 2. The quantitative estimate of drug-likeness (QED) is 0.880. The number of nitrogens with two attached hydrogens (primary N) is 1. The molecule has 15 heavy (non-hydrogen) atoms. The van der Waals surface area contributed by atoms with E-state index in [9.17, 15) is 0 Å². The Morgan fingerprint density at radius 2 is 2.07 bits per heavy atom. The van der Waals surface area contributed by atoms with Crippen LogP contribution in [0.1, 0.15) is 4.88 Å². The Morgan fingerprint density at radius 1 is 1.27 bits per heavy atom. The Bertz CT molecular complexity index is 481. The predicted octanol–water partition coefficient (Wildman–Crippen LogP) is 4.29. The third-order valence-corrected chi connectivity index (χ3v) is 4.46. The van der Waals surface area contributed by atoms with Crippen LogP contribution in [-0.4, -0.2) is 0 Å². The van der Waals surface area contributed by atoms with Gasteiger partial charge >= 0.3 is 0 Å². The summed E-state index contributed by atoms with van der Waals surface area (Å²) in [6.07, 6.45) is 0. The molecule has 0 bridgehead atoms. The van der Waals surface area contributed by atoms with Gasteiger partial charge in [0.25, 0.3) is 0 Å². The summed E-state index contributed by atoms with van der Waals surface area (Å²) in [5.41, 5.74) is 6.70. The van der Waals surface area contributed by atoms with Crippen LogP contribution in [0.15, 0.2) is 34.8 Å². The van der Waals surface area contributed by atoms with Crippen LogP contribution in [0.4, 0.5) is 0 Å². The minimum Gasteiger partial charge on any atom is -0.326 e. The maximum absolute atomic E-state index is 6.04. The summed E-state index contributed by atoms with van der Waals surface area (Å²) in [5.74, 6) is 0. The van der Waals surface area contributed by atoms with Gasteiger partial charge in [-0.3, -0.25) is 0 Å². The zero-order valence-electron chi connectivity index (χ0n) is 7.84. The van der Waals surface area contributed by atoms with Crippen LogP contribution in [0.5, 0.6) is 0 Å². The molecule has 0 fully saturated rings. The molecule has 0 saturated carbocycles. The summed E-state index contributed by atoms with van der Waals surface area (Å²) < 4.78 is 0.920. The van der Waals surface area contributed by atoms with Crippen molar-refractivity contribution < 1.29 is 0 Å². The van der Waals surface area contributed by atoms with Crippen LogP contribution in [0, 0.1) is 0 Å². The lowest BCUT2D eigenvalue weighted by Crippen LogP contribution is -1.90. The van der Waals surface area contributed by atoms with Gasteiger partial charge in [-0.2, -0.15) is 0 Å². The normalized spacial score (nSPS) is 10.6. The van der Waals surface area contributed by atoms with Crippen molar-refractivity contribution in [1.82, 2.24) is 0 Å². The molecule has 1 nitrogen and oxygen atoms in total. The fraction of sp³-hybridized carbons (Fsp3) is 0.0909. The second kappa shape index (κ2) is 4.66. The van der Waals surface area contributed by atoms with Gasteiger partial charge in [0.1, 0.15) is 0 Å². The monoisotopic (exact) mass is 301 g/mol. The van der Waals surface area contributed by atoms with Gasteiger partial charge in [0, 0.05) is 20.8 Å². The summed E-state index contributed by atoms with van der Waals surface area (Å²) in [7, 11) is 0. The van der Waals surface area contributed by atoms with E-state index in [1.165, 1.54) is 9.75 Å². The van der Waals surface area contributed by atoms with Crippen molar-refractivity contribution in [3.05, 3.63) is 44.7 Å². The van der Waals surface area contributed by atoms with E-state index in [4.69, 9.17) is 17.3 Å². The van der Waals surface area contributed by atoms with Crippen LogP contribution in [-0.2, 0) is 6.54 Å². The summed E-state index contributed by atoms with van der Waals surface area (Å²) >= 11 is 11.1. The molecule has 0 aliphatic carbocycles. The van der Waals surface area contributed by atoms with Crippen molar-refractivity contribution in [2.75, 3.05) is 0 Å². The molecule has 0 aliphatic heterocycles. The van der Waals surface area contributed by atoms with Crippen LogP contribution >= 0.6 is 38.9 Å². The van der Waals surface area contributed by atoms with Gasteiger partial charge < -0.3 is 5.73 Å². The fourth-order valence-corrected chi connectivity index (χ4v) is 2.60. The summed E-state index contributed by atoms with van der Waals surface area (Å²) in [5, 5.41) is 0.732. The molecule has 0 spiro atoms. The van der Waals surface area contributed by atoms with Crippen molar-refractivity contribution in [2.45, 2.75) is 6.54 Å². The highest BCUT2D eigenvalue weighted by Crippen LogP contribution is 2.32. The number of halogens is 2. The van der Waals surface area contributed by atoms with Crippen molar-refractivity contribution in [3.8, 4) is 10.4 Å². The van der Waals surface area contributed by atoms with E-state index in [0.29, 0.717) is 6.54 Å². The first-order valence-electron chi connectivity index (χ1n) is 4.45. The lowest BCUT2D eigenvalue weighted by molar-refractivity contribution is 1.11. The highest BCUT2D eigenvalue weighted by Gasteiger charge is 2.04. The Balaban J connectivity index is 2.40. The van der Waals surface area contributed by atoms with E-state index in [2.05, 4.69) is 28.1 Å². The first-order chi connectivity index (χ1) is 7.20. The molecule has 2 rings (SSSR count). The van der Waals surface area contributed by atoms with Gasteiger partial charge in [-0.25, -0.2) is 0 Å². The Morgan fingerprint density at radius 3 is 2.67 bits per heavy atom. The average Bonchev–Trinajstić information content (AvgIpc) is 2.70. The number of thiophene rings is 1. The molecule has 2 aromatic rings. The van der Waals surface area contributed by atoms with E-state index in [1.54, 1.807) is 11.3 Å². The lowest BCUT2D eigenvalue weighted by atomic mass is 10.2. The fourth-order valence-electron chi connectivity index (χ4n) is 1.29. The minimum absolute atomic E-state index is 0.592. The first-order valence-corrected chi connectivity index (χ1v) is 6.43. The van der Waals surface area contributed by atoms with Gasteiger partial charge in [0.05, 0.1) is 5.02 Å². The molecule has 1 aromatic carbocycles. The number of hydrogen-bond donors (Lipinski definition) is 1. The van der Waals surface area contributed by atoms with Crippen LogP contribution in [0.25, 0.3) is 10.4 Å². The summed E-state index contributed by atoms with van der Waals surface area (Å²) in [6, 6.07) is 10.1. The van der Waals surface area contributed by atoms with E-state index < -0.39 is 0 Å². The molecular weight excluding hydrogens is 294 g/mol. The molecule has 0 unspecified atom stereocenters. The topological polar surface area (TPSA) is 26.0 Å². The Kier molecular flexibility index (Phi) is 3.46. The van der Waals surface area contributed by atoms with Gasteiger partial charge in [0.15, 0.2) is 0 Å². The molecule has 0 atom stereocenters. The van der Waals surface area contributed by atoms with Crippen molar-refractivity contribution in [3.63, 3.8) is 0 Å². The zero-order valence-corrected chi connectivity index (χ0v) is 11.0. The van der Waals surface area contributed by atoms with Crippen LogP contribution in [0.3, 0.4) is 0 Å². The zero-order chi connectivity index (χ0) is 10.8. The van der Waals surface area contributed by atoms with Crippen LogP contribution in [0.2, 0.25) is 5.02 Å². The molecule has 78 valence electrons. The van der Waals surface area contributed by atoms with Gasteiger partial charge in [-0.1, -0.05) is 17.7 Å². The van der Waals surface area contributed by atoms with Crippen LogP contribution < -0.4 is 5.73 Å². The van der Waals surface area contributed by atoms with Gasteiger partial charge in [-0.15, -0.1) is 11.3 Å². The highest BCUT2D eigenvalue weighted by atomic mass is 79.9. The molecule has 4 heteroatoms. The first kappa shape index (κ1) is 11.1. The molecule has 2 N–H and O–H groups in total. The molecule has 0 radical (unpaired) electrons. The molecule has 1 aromatic heterocycles. The smallest absolute Gasteiger partial charge is 0.0554 e. The summed E-state index contributed by atoms with van der Waals surface area (Å²) in [6.45, 7) is 0.592. The third-order valence-electron chi connectivity index (χ3n) is 2.07. The van der Waals surface area contributed by atoms with Gasteiger partial charge in [-0.05, 0) is 45.8 Å². The molecule has 0 saturated heterocycles. The summed E-state index contributed by atoms with van der Waals surface area (Å²) in [4.78, 5) is 2.38. The predicted molar refractivity (Wildman–Crippen MR) is 70.4 cm³/mol. The van der Waals surface area contributed by atoms with E-state index >= 15 is 0 Å². The highest BCUT2D eigenvalue weighted by molar-refractivity contribution is 9.10. The molecule has 0 aliphatic rings. The molecule has 0 amide bonds. The molecular formula is C11H9BrClNS. The lowest BCUT2D eigenvalue weighted by Gasteiger charge is -2.00. The van der Waals surface area contributed by atoms with E-state index in [0.717, 1.165) is 15.1 Å². The molecule has 1 heterocycles. The minimum atomic E-state index is 0.592. The number of hydrogen-bond acceptors (Lipinski definition) is 2. The average molecular weight is 303 g/mol. The van der Waals surface area contributed by atoms with Crippen molar-refractivity contribution >= 4 is 38.9 Å². The van der Waals surface area contributed by atoms with Gasteiger partial charge in [0.2, 0.25) is 0 Å². The maximum atomic E-state index is 6.04. The largest absolute Gasteiger partial charge is 0.326 e. The van der Waals surface area contributed by atoms with E-state index in [1.807, 2.05) is 18.2 Å². The Hall–Kier alpha value is -0.350. The second-order valence-electron chi connectivity index (χ2n) is 3.10. The maximum Gasteiger partial charge on any atom is 0.0554 e. The SMILES string of the molecule is NCc1ccc(-c2ccc(Br)c(Cl)c2)s1. The Labute approximate surface area is 106 Å².